The summed E-state index contributed by atoms with van der Waals surface area (Å²) in [7, 11) is 26.6. The van der Waals surface area contributed by atoms with Crippen molar-refractivity contribution in [3.63, 3.8) is 0 Å². The van der Waals surface area contributed by atoms with E-state index in [9.17, 15) is 43.4 Å². The third-order valence-electron chi connectivity index (χ3n) is 8.16. The summed E-state index contributed by atoms with van der Waals surface area (Å²) in [6, 6.07) is 4.85. The van der Waals surface area contributed by atoms with Gasteiger partial charge < -0.3 is 23.9 Å². The van der Waals surface area contributed by atoms with Crippen LogP contribution in [0.2, 0.25) is 0 Å². The van der Waals surface area contributed by atoms with Crippen LogP contribution >= 0.6 is 31.9 Å². The molecule has 0 spiro atoms. The Morgan fingerprint density at radius 1 is 0.852 bits per heavy atom. The van der Waals surface area contributed by atoms with Crippen molar-refractivity contribution in [2.24, 2.45) is 0 Å². The highest BCUT2D eigenvalue weighted by Crippen LogP contribution is 2.36. The lowest BCUT2D eigenvalue weighted by Crippen LogP contribution is -2.63. The molecule has 1 N–H and O–H groups in total. The zero-order valence-corrected chi connectivity index (χ0v) is 37.6. The normalized spacial score (nSPS) is 13.6. The van der Waals surface area contributed by atoms with Crippen LogP contribution < -0.4 is 14.9 Å². The summed E-state index contributed by atoms with van der Waals surface area (Å²) in [5.74, 6) is -3.21. The third kappa shape index (κ3) is 19.9. The number of aliphatic carboxylic acids is 1. The molecule has 4 heterocycles. The van der Waals surface area contributed by atoms with Gasteiger partial charge in [-0.05, 0) is 103 Å². The molecular formula is C28H31B12Br2F7N3O8S. The lowest BCUT2D eigenvalue weighted by atomic mass is 8.56. The summed E-state index contributed by atoms with van der Waals surface area (Å²) in [6.45, 7) is 7.67. The first kappa shape index (κ1) is 58.6. The molecule has 1 aliphatic heterocycles. The molecule has 13 radical (unpaired) electrons. The summed E-state index contributed by atoms with van der Waals surface area (Å²) in [5, 5.41) is 2.07. The topological polar surface area (TPSA) is 147 Å². The summed E-state index contributed by atoms with van der Waals surface area (Å²) >= 11 is 6.52. The highest BCUT2D eigenvalue weighted by atomic mass is 79.9. The molecule has 11 nitrogen and oxygen atoms in total. The second-order valence-corrected chi connectivity index (χ2v) is 16.5. The Morgan fingerprint density at radius 2 is 1.28 bits per heavy atom. The van der Waals surface area contributed by atoms with Crippen LogP contribution in [-0.2, 0) is 24.3 Å². The number of hydrogen-bond donors (Lipinski definition) is 1. The van der Waals surface area contributed by atoms with Crippen molar-refractivity contribution in [3.05, 3.63) is 68.6 Å². The zero-order chi connectivity index (χ0) is 47.8. The highest BCUT2D eigenvalue weighted by Gasteiger charge is 2.54. The van der Waals surface area contributed by atoms with Crippen molar-refractivity contribution < 1.29 is 67.3 Å². The number of carbonyl (C=O) groups is 1. The van der Waals surface area contributed by atoms with E-state index >= 15 is 0 Å². The van der Waals surface area contributed by atoms with E-state index in [-0.39, 0.29) is 18.1 Å². The molecule has 33 heteroatoms. The lowest BCUT2D eigenvalue weighted by Gasteiger charge is -2.32. The number of hydrogen-bond acceptors (Lipinski definition) is 10. The van der Waals surface area contributed by atoms with Gasteiger partial charge in [-0.1, -0.05) is 3.89 Å². The molecule has 3 aromatic rings. The standard InChI is InChI=1S/C13H18BF2NO3.C7H6BrF2NO.C6H6BrN.C2HF3O4S.B11/c1-8-6-10(18-11(15)16)17-7-9(8)14-19-12(2,3)13(4,5)20-14;1-4-2-6(12-7(9)10)11-3-5(4)8;1-5-2-3-8-4-6(5)7;3-2(4,1(6)7)10(5,8)9;1-7-10(6)11(8(2)3)9(4)5/h6-7,11H,1-5H3;2-3,7H,1H3;2-4H,1H3;(H,6,7);. The van der Waals surface area contributed by atoms with E-state index in [1.807, 2.05) is 40.7 Å². The number of aryl methyl sites for hydroxylation is 3. The van der Waals surface area contributed by atoms with E-state index in [4.69, 9.17) is 60.8 Å². The molecule has 0 saturated carbocycles. The molecule has 0 atom stereocenters. The van der Waals surface area contributed by atoms with Crippen molar-refractivity contribution >= 4 is 140 Å². The maximum absolute atomic E-state index is 12.1. The Labute approximate surface area is 378 Å². The van der Waals surface area contributed by atoms with Crippen LogP contribution in [0, 0.1) is 20.8 Å². The minimum Gasteiger partial charge on any atom is -0.476 e. The second-order valence-electron chi connectivity index (χ2n) is 13.4. The SMILES string of the molecule is Cc1cc(OC(F)F)ncc1B1OC(C)(C)C(C)(C)O1.Cc1cc(OC(F)F)ncc1Br.Cc1ccncc1Br.O=C(O)C(F)(F)S(=O)(=O)F.[B][B]B([B])B(B([B])[B])B([B])[B]. The first-order valence-electron chi connectivity index (χ1n) is 17.0. The van der Waals surface area contributed by atoms with E-state index < -0.39 is 72.1 Å². The molecule has 0 aromatic carbocycles. The van der Waals surface area contributed by atoms with E-state index in [2.05, 4.69) is 56.3 Å². The molecule has 1 fully saturated rings. The number of halogens is 9. The molecule has 1 saturated heterocycles. The van der Waals surface area contributed by atoms with Crippen LogP contribution in [-0.4, -0.2) is 150 Å². The number of carboxylic acid groups (broad SMARTS) is 1. The van der Waals surface area contributed by atoms with E-state index in [0.717, 1.165) is 20.1 Å². The number of carboxylic acids is 1. The van der Waals surface area contributed by atoms with Crippen molar-refractivity contribution in [3.8, 4) is 11.8 Å². The summed E-state index contributed by atoms with van der Waals surface area (Å²) < 4.78 is 122. The molecule has 61 heavy (non-hydrogen) atoms. The molecule has 0 amide bonds. The van der Waals surface area contributed by atoms with Gasteiger partial charge in [0.2, 0.25) is 11.8 Å². The van der Waals surface area contributed by atoms with E-state index in [0.29, 0.717) is 5.46 Å². The van der Waals surface area contributed by atoms with Gasteiger partial charge in [-0.15, -0.1) is 0 Å². The first-order chi connectivity index (χ1) is 27.7. The van der Waals surface area contributed by atoms with Crippen molar-refractivity contribution in [1.82, 2.24) is 15.0 Å². The Bertz CT molecular complexity index is 1920. The Hall–Kier alpha value is -2.36. The van der Waals surface area contributed by atoms with Crippen molar-refractivity contribution in [1.29, 1.82) is 0 Å². The fraction of sp³-hybridized carbons (Fsp3) is 0.429. The zero-order valence-electron chi connectivity index (χ0n) is 33.6. The summed E-state index contributed by atoms with van der Waals surface area (Å²) in [6.07, 6.45) is 4.29. The average molecular weight is 992 g/mol. The van der Waals surface area contributed by atoms with Gasteiger partial charge in [-0.25, -0.2) is 14.8 Å². The van der Waals surface area contributed by atoms with E-state index in [1.165, 1.54) is 37.2 Å². The molecule has 0 aliphatic carbocycles. The fourth-order valence-electron chi connectivity index (χ4n) is 4.03. The maximum Gasteiger partial charge on any atom is 0.496 e. The largest absolute Gasteiger partial charge is 0.496 e. The van der Waals surface area contributed by atoms with Crippen molar-refractivity contribution in [2.45, 2.75) is 78.1 Å². The predicted octanol–water partition coefficient (Wildman–Crippen LogP) is 2.97. The lowest BCUT2D eigenvalue weighted by molar-refractivity contribution is -0.154. The maximum atomic E-state index is 12.1. The van der Waals surface area contributed by atoms with Crippen LogP contribution in [0.5, 0.6) is 11.8 Å². The minimum atomic E-state index is -6.33. The number of rotatable bonds is 11. The summed E-state index contributed by atoms with van der Waals surface area (Å²) in [5.41, 5.74) is 2.56. The average Bonchev–Trinajstić information content (AvgIpc) is 3.33. The van der Waals surface area contributed by atoms with Crippen LogP contribution in [0.25, 0.3) is 0 Å². The molecular weight excluding hydrogens is 961 g/mol. The smallest absolute Gasteiger partial charge is 0.476 e. The second kappa shape index (κ2) is 25.8. The predicted molar refractivity (Wildman–Crippen MR) is 237 cm³/mol. The number of pyridine rings is 3. The Morgan fingerprint density at radius 3 is 1.56 bits per heavy atom. The highest BCUT2D eigenvalue weighted by molar-refractivity contribution is 9.10. The van der Waals surface area contributed by atoms with E-state index in [1.54, 1.807) is 26.2 Å². The molecule has 311 valence electrons. The van der Waals surface area contributed by atoms with Gasteiger partial charge in [0.05, 0.1) is 11.2 Å². The fourth-order valence-corrected chi connectivity index (χ4v) is 4.71. The van der Waals surface area contributed by atoms with Gasteiger partial charge in [0.15, 0.2) is 0 Å². The molecule has 4 rings (SSSR count). The minimum absolute atomic E-state index is 0.0642. The van der Waals surface area contributed by atoms with Gasteiger partial charge in [-0.3, -0.25) is 4.98 Å². The quantitative estimate of drug-likeness (QED) is 0.172. The molecule has 3 aromatic heterocycles. The Balaban J connectivity index is 0.000000771. The van der Waals surface area contributed by atoms with Gasteiger partial charge in [0.1, 0.15) is 0 Å². The number of aromatic nitrogens is 3. The number of alkyl halides is 6. The monoisotopic (exact) mass is 992 g/mol. The van der Waals surface area contributed by atoms with Gasteiger partial charge in [0, 0.05) is 130 Å². The number of ether oxygens (including phenoxy) is 2. The van der Waals surface area contributed by atoms with Crippen LogP contribution in [0.1, 0.15) is 44.4 Å². The molecule has 0 unspecified atom stereocenters. The number of nitrogens with zero attached hydrogens (tertiary/aromatic N) is 3. The van der Waals surface area contributed by atoms with Gasteiger partial charge in [0.25, 0.3) is 0 Å². The van der Waals surface area contributed by atoms with Gasteiger partial charge >= 0.3 is 41.8 Å². The summed E-state index contributed by atoms with van der Waals surface area (Å²) in [4.78, 5) is 20.7. The van der Waals surface area contributed by atoms with Crippen LogP contribution in [0.15, 0.2) is 51.9 Å². The first-order valence-corrected chi connectivity index (χ1v) is 20.0. The third-order valence-corrected chi connectivity index (χ3v) is 10.6. The van der Waals surface area contributed by atoms with Crippen LogP contribution in [0.4, 0.5) is 30.2 Å². The molecule has 1 aliphatic rings. The molecule has 0 bridgehead atoms. The van der Waals surface area contributed by atoms with Gasteiger partial charge in [-0.2, -0.15) is 34.8 Å². The Kier molecular flexibility index (Phi) is 24.8. The van der Waals surface area contributed by atoms with Crippen LogP contribution in [0.3, 0.4) is 0 Å². The van der Waals surface area contributed by atoms with Crippen molar-refractivity contribution in [2.75, 3.05) is 0 Å².